The topological polar surface area (TPSA) is 134 Å². The number of H-pyrrole nitrogens is 1. The summed E-state index contributed by atoms with van der Waals surface area (Å²) in [6.07, 6.45) is 9.61. The molecule has 37 heavy (non-hydrogen) atoms. The minimum atomic E-state index is -0.333. The van der Waals surface area contributed by atoms with Gasteiger partial charge in [0.05, 0.1) is 0 Å². The molecule has 3 aromatic rings. The Hall–Kier alpha value is -4.13. The van der Waals surface area contributed by atoms with Crippen LogP contribution in [0.2, 0.25) is 0 Å². The van der Waals surface area contributed by atoms with Crippen LogP contribution in [0.4, 0.5) is 5.69 Å². The molecule has 0 fully saturated rings. The Morgan fingerprint density at radius 2 is 1.76 bits per heavy atom. The third kappa shape index (κ3) is 12.9. The molecular weight excluding hydrogens is 460 g/mol. The van der Waals surface area contributed by atoms with Gasteiger partial charge in [-0.15, -0.1) is 6.58 Å². The standard InChI is InChI=1S/C23H27N5.C3H6.C2H5NO.C2H6/c1-3-5-9-20-15-26-23(28-20)21(18-8-6-7-16(4-2)14-18)27-19-12-10-17(11-13-19)22(24)25;1-3-2;1-2(3)4;1-2/h3,5-8,10-15,21,27H,4,9H2,1-2H3,(H3,24,25)(H,26,28);3H,1H2,2H3;1H3,(H2,3,4);1-2H3/b5-3-;;;. The molecule has 0 spiro atoms. The summed E-state index contributed by atoms with van der Waals surface area (Å²) < 4.78 is 0. The molecule has 1 heterocycles. The van der Waals surface area contributed by atoms with Crippen molar-refractivity contribution in [2.24, 2.45) is 11.5 Å². The van der Waals surface area contributed by atoms with Crippen LogP contribution in [0.3, 0.4) is 0 Å². The van der Waals surface area contributed by atoms with Crippen LogP contribution >= 0.6 is 0 Å². The number of nitrogen functional groups attached to an aromatic ring is 1. The Balaban J connectivity index is 0.00000126. The number of hydrogen-bond donors (Lipinski definition) is 5. The number of amides is 1. The largest absolute Gasteiger partial charge is 0.384 e. The SMILES string of the molecule is C/C=C\Cc1cnc(C(Nc2ccc(C(=N)N)cc2)c2cccc(CC)c2)[nH]1.C=CC.CC.CC(N)=O. The van der Waals surface area contributed by atoms with E-state index in [4.69, 9.17) is 11.1 Å². The number of aromatic amines is 1. The van der Waals surface area contributed by atoms with Gasteiger partial charge < -0.3 is 21.8 Å². The molecule has 0 bridgehead atoms. The first-order valence-corrected chi connectivity index (χ1v) is 12.5. The lowest BCUT2D eigenvalue weighted by atomic mass is 10.0. The number of nitrogens with one attached hydrogen (secondary N) is 3. The van der Waals surface area contributed by atoms with E-state index in [2.05, 4.69) is 64.9 Å². The average molecular weight is 505 g/mol. The number of aryl methyl sites for hydroxylation is 1. The molecule has 7 nitrogen and oxygen atoms in total. The van der Waals surface area contributed by atoms with Crippen LogP contribution < -0.4 is 16.8 Å². The third-order valence-electron chi connectivity index (χ3n) is 4.69. The smallest absolute Gasteiger partial charge is 0.214 e. The number of anilines is 1. The van der Waals surface area contributed by atoms with Crippen molar-refractivity contribution >= 4 is 17.4 Å². The zero-order valence-corrected chi connectivity index (χ0v) is 23.1. The summed E-state index contributed by atoms with van der Waals surface area (Å²) in [4.78, 5) is 17.3. The molecule has 7 heteroatoms. The number of amidine groups is 1. The van der Waals surface area contributed by atoms with Crippen molar-refractivity contribution in [1.29, 1.82) is 5.41 Å². The summed E-state index contributed by atoms with van der Waals surface area (Å²) in [5.74, 6) is 0.613. The fourth-order valence-electron chi connectivity index (χ4n) is 3.09. The number of rotatable bonds is 8. The minimum absolute atomic E-state index is 0.0680. The molecule has 200 valence electrons. The van der Waals surface area contributed by atoms with Gasteiger partial charge in [-0.05, 0) is 55.7 Å². The maximum atomic E-state index is 9.22. The normalized spacial score (nSPS) is 10.4. The van der Waals surface area contributed by atoms with Crippen molar-refractivity contribution in [1.82, 2.24) is 9.97 Å². The first-order chi connectivity index (χ1) is 17.7. The third-order valence-corrected chi connectivity index (χ3v) is 4.69. The summed E-state index contributed by atoms with van der Waals surface area (Å²) in [7, 11) is 0. The molecule has 0 aliphatic heterocycles. The van der Waals surface area contributed by atoms with Gasteiger partial charge in [-0.3, -0.25) is 10.2 Å². The van der Waals surface area contributed by atoms with Crippen LogP contribution in [-0.4, -0.2) is 21.7 Å². The number of allylic oxidation sites excluding steroid dienone is 3. The van der Waals surface area contributed by atoms with Crippen molar-refractivity contribution in [3.63, 3.8) is 0 Å². The molecule has 0 aliphatic carbocycles. The highest BCUT2D eigenvalue weighted by Gasteiger charge is 2.18. The average Bonchev–Trinajstić information content (AvgIpc) is 3.36. The molecule has 1 aromatic heterocycles. The van der Waals surface area contributed by atoms with Crippen molar-refractivity contribution < 1.29 is 4.79 Å². The summed E-state index contributed by atoms with van der Waals surface area (Å²) >= 11 is 0. The molecule has 0 saturated carbocycles. The van der Waals surface area contributed by atoms with E-state index in [9.17, 15) is 4.79 Å². The molecule has 1 unspecified atom stereocenters. The van der Waals surface area contributed by atoms with Crippen LogP contribution in [0, 0.1) is 5.41 Å². The van der Waals surface area contributed by atoms with Gasteiger partial charge in [-0.1, -0.05) is 63.3 Å². The van der Waals surface area contributed by atoms with Gasteiger partial charge in [0.25, 0.3) is 0 Å². The summed E-state index contributed by atoms with van der Waals surface area (Å²) in [6, 6.07) is 16.0. The van der Waals surface area contributed by atoms with Gasteiger partial charge in [0.1, 0.15) is 17.7 Å². The molecule has 7 N–H and O–H groups in total. The van der Waals surface area contributed by atoms with E-state index in [0.717, 1.165) is 35.6 Å². The second kappa shape index (κ2) is 19.1. The number of aromatic nitrogens is 2. The summed E-state index contributed by atoms with van der Waals surface area (Å²) in [5.41, 5.74) is 15.2. The molecule has 0 radical (unpaired) electrons. The van der Waals surface area contributed by atoms with Crippen molar-refractivity contribution in [2.75, 3.05) is 5.32 Å². The van der Waals surface area contributed by atoms with E-state index in [0.29, 0.717) is 5.56 Å². The van der Waals surface area contributed by atoms with Crippen molar-refractivity contribution in [3.05, 3.63) is 108 Å². The zero-order valence-electron chi connectivity index (χ0n) is 23.1. The Bertz CT molecular complexity index is 1100. The summed E-state index contributed by atoms with van der Waals surface area (Å²) in [6.45, 7) is 14.7. The number of carbonyl (C=O) groups excluding carboxylic acids is 1. The Morgan fingerprint density at radius 3 is 2.27 bits per heavy atom. The van der Waals surface area contributed by atoms with Gasteiger partial charge >= 0.3 is 0 Å². The van der Waals surface area contributed by atoms with Gasteiger partial charge in [0, 0.05) is 36.5 Å². The predicted molar refractivity (Wildman–Crippen MR) is 158 cm³/mol. The number of hydrogen-bond acceptors (Lipinski definition) is 4. The first-order valence-electron chi connectivity index (χ1n) is 12.5. The first kappa shape index (κ1) is 32.9. The van der Waals surface area contributed by atoms with E-state index in [1.807, 2.05) is 64.2 Å². The Kier molecular flexibility index (Phi) is 17.0. The fourth-order valence-corrected chi connectivity index (χ4v) is 3.09. The second-order valence-corrected chi connectivity index (χ2v) is 7.75. The summed E-state index contributed by atoms with van der Waals surface area (Å²) in [5, 5.41) is 11.1. The number of carbonyl (C=O) groups is 1. The number of nitrogens with zero attached hydrogens (tertiary/aromatic N) is 1. The van der Waals surface area contributed by atoms with E-state index in [-0.39, 0.29) is 17.8 Å². The maximum absolute atomic E-state index is 9.22. The van der Waals surface area contributed by atoms with Crippen LogP contribution in [0.1, 0.15) is 75.8 Å². The fraction of sp³-hybridized carbons (Fsp3) is 0.300. The van der Waals surface area contributed by atoms with E-state index < -0.39 is 0 Å². The Morgan fingerprint density at radius 1 is 1.16 bits per heavy atom. The highest BCUT2D eigenvalue weighted by Crippen LogP contribution is 2.26. The molecule has 0 aliphatic rings. The van der Waals surface area contributed by atoms with Gasteiger partial charge in [0.15, 0.2) is 0 Å². The molecular formula is C30H44N6O. The van der Waals surface area contributed by atoms with Crippen LogP contribution in [0.5, 0.6) is 0 Å². The van der Waals surface area contributed by atoms with E-state index >= 15 is 0 Å². The number of nitrogens with two attached hydrogens (primary N) is 2. The van der Waals surface area contributed by atoms with Gasteiger partial charge in [0.2, 0.25) is 5.91 Å². The minimum Gasteiger partial charge on any atom is -0.384 e. The number of primary amides is 1. The number of benzene rings is 2. The molecule has 1 amide bonds. The van der Waals surface area contributed by atoms with Crippen molar-refractivity contribution in [2.45, 2.75) is 60.4 Å². The zero-order chi connectivity index (χ0) is 28.2. The second-order valence-electron chi connectivity index (χ2n) is 7.75. The van der Waals surface area contributed by atoms with Gasteiger partial charge in [-0.2, -0.15) is 0 Å². The van der Waals surface area contributed by atoms with Crippen molar-refractivity contribution in [3.8, 4) is 0 Å². The van der Waals surface area contributed by atoms with Gasteiger partial charge in [-0.25, -0.2) is 4.98 Å². The molecule has 3 rings (SSSR count). The molecule has 2 aromatic carbocycles. The predicted octanol–water partition coefficient (Wildman–Crippen LogP) is 6.29. The highest BCUT2D eigenvalue weighted by atomic mass is 16.1. The quantitative estimate of drug-likeness (QED) is 0.140. The van der Waals surface area contributed by atoms with Crippen LogP contribution in [0.25, 0.3) is 0 Å². The lowest BCUT2D eigenvalue weighted by Crippen LogP contribution is -2.15. The maximum Gasteiger partial charge on any atom is 0.214 e. The highest BCUT2D eigenvalue weighted by molar-refractivity contribution is 5.95. The lowest BCUT2D eigenvalue weighted by Gasteiger charge is -2.19. The Labute approximate surface area is 222 Å². The number of imidazole rings is 1. The monoisotopic (exact) mass is 504 g/mol. The van der Waals surface area contributed by atoms with Crippen LogP contribution in [0.15, 0.2) is 79.5 Å². The van der Waals surface area contributed by atoms with E-state index in [1.165, 1.54) is 12.5 Å². The van der Waals surface area contributed by atoms with Crippen LogP contribution in [-0.2, 0) is 17.6 Å². The lowest BCUT2D eigenvalue weighted by molar-refractivity contribution is -0.115. The van der Waals surface area contributed by atoms with E-state index in [1.54, 1.807) is 6.08 Å². The molecule has 0 saturated heterocycles. The molecule has 1 atom stereocenters.